The molecule has 0 saturated carbocycles. The van der Waals surface area contributed by atoms with Gasteiger partial charge in [-0.05, 0) is 31.5 Å². The van der Waals surface area contributed by atoms with Gasteiger partial charge in [0, 0.05) is 18.8 Å². The van der Waals surface area contributed by atoms with Crippen molar-refractivity contribution in [3.63, 3.8) is 0 Å². The smallest absolute Gasteiger partial charge is 0.230 e. The number of ether oxygens (including phenoxy) is 1. The first-order chi connectivity index (χ1) is 11.5. The van der Waals surface area contributed by atoms with E-state index < -0.39 is 0 Å². The predicted molar refractivity (Wildman–Crippen MR) is 94.2 cm³/mol. The van der Waals surface area contributed by atoms with Gasteiger partial charge in [-0.1, -0.05) is 23.9 Å². The molecule has 2 N–H and O–H groups in total. The van der Waals surface area contributed by atoms with Gasteiger partial charge in [0.2, 0.25) is 5.91 Å². The van der Waals surface area contributed by atoms with Crippen LogP contribution in [0.15, 0.2) is 35.6 Å². The number of aliphatic hydroxyl groups excluding tert-OH is 1. The molecule has 1 heterocycles. The Morgan fingerprint density at radius 1 is 1.38 bits per heavy atom. The molecule has 0 fully saturated rings. The van der Waals surface area contributed by atoms with Gasteiger partial charge in [0.05, 0.1) is 25.2 Å². The monoisotopic (exact) mass is 349 g/mol. The van der Waals surface area contributed by atoms with Gasteiger partial charge in [0.15, 0.2) is 5.16 Å². The van der Waals surface area contributed by atoms with Gasteiger partial charge in [-0.25, -0.2) is 4.98 Å². The summed E-state index contributed by atoms with van der Waals surface area (Å²) in [5.41, 5.74) is 1.68. The highest BCUT2D eigenvalue weighted by Gasteiger charge is 2.12. The van der Waals surface area contributed by atoms with Gasteiger partial charge in [-0.3, -0.25) is 4.79 Å². The molecular weight excluding hydrogens is 326 g/mol. The third-order valence-electron chi connectivity index (χ3n) is 3.25. The Morgan fingerprint density at radius 2 is 2.08 bits per heavy atom. The van der Waals surface area contributed by atoms with Crippen LogP contribution in [0.3, 0.4) is 0 Å². The molecule has 6 nitrogen and oxygen atoms in total. The molecule has 0 bridgehead atoms. The van der Waals surface area contributed by atoms with Crippen LogP contribution in [0.4, 0.5) is 0 Å². The lowest BCUT2D eigenvalue weighted by molar-refractivity contribution is -0.119. The molecule has 130 valence electrons. The minimum atomic E-state index is -0.124. The third kappa shape index (κ3) is 5.28. The van der Waals surface area contributed by atoms with Crippen LogP contribution in [-0.4, -0.2) is 39.5 Å². The van der Waals surface area contributed by atoms with Crippen LogP contribution in [-0.2, 0) is 17.9 Å². The zero-order chi connectivity index (χ0) is 17.5. The molecule has 0 aliphatic rings. The molecule has 0 aliphatic carbocycles. The van der Waals surface area contributed by atoms with Crippen LogP contribution >= 0.6 is 11.8 Å². The fraction of sp³-hybridized carbons (Fsp3) is 0.412. The van der Waals surface area contributed by atoms with Crippen LogP contribution < -0.4 is 10.1 Å². The number of imidazole rings is 1. The number of nitrogens with one attached hydrogen (secondary N) is 1. The largest absolute Gasteiger partial charge is 0.497 e. The fourth-order valence-corrected chi connectivity index (χ4v) is 2.99. The van der Waals surface area contributed by atoms with Crippen molar-refractivity contribution in [1.82, 2.24) is 14.9 Å². The van der Waals surface area contributed by atoms with E-state index in [9.17, 15) is 9.90 Å². The lowest BCUT2D eigenvalue weighted by Crippen LogP contribution is -2.31. The first kappa shape index (κ1) is 18.4. The Morgan fingerprint density at radius 3 is 2.67 bits per heavy atom. The number of thioether (sulfide) groups is 1. The van der Waals surface area contributed by atoms with Crippen molar-refractivity contribution >= 4 is 17.7 Å². The van der Waals surface area contributed by atoms with Crippen LogP contribution in [0.2, 0.25) is 0 Å². The summed E-state index contributed by atoms with van der Waals surface area (Å²) in [6, 6.07) is 7.89. The molecule has 2 rings (SSSR count). The summed E-state index contributed by atoms with van der Waals surface area (Å²) in [7, 11) is 1.63. The molecule has 1 amide bonds. The molecule has 0 spiro atoms. The van der Waals surface area contributed by atoms with Crippen molar-refractivity contribution in [2.24, 2.45) is 0 Å². The number of amides is 1. The molecule has 0 atom stereocenters. The number of nitrogens with zero attached hydrogens (tertiary/aromatic N) is 2. The highest BCUT2D eigenvalue weighted by atomic mass is 32.2. The number of benzene rings is 1. The van der Waals surface area contributed by atoms with E-state index in [0.29, 0.717) is 23.1 Å². The second-order valence-corrected chi connectivity index (χ2v) is 6.60. The Kier molecular flexibility index (Phi) is 6.69. The maximum Gasteiger partial charge on any atom is 0.230 e. The Labute approximate surface area is 146 Å². The zero-order valence-electron chi connectivity index (χ0n) is 14.2. The van der Waals surface area contributed by atoms with E-state index in [4.69, 9.17) is 4.74 Å². The van der Waals surface area contributed by atoms with Gasteiger partial charge < -0.3 is 19.7 Å². The number of hydrogen-bond acceptors (Lipinski definition) is 5. The van der Waals surface area contributed by atoms with Gasteiger partial charge in [-0.2, -0.15) is 0 Å². The molecule has 0 radical (unpaired) electrons. The molecule has 2 aromatic rings. The highest BCUT2D eigenvalue weighted by molar-refractivity contribution is 7.99. The molecular formula is C17H23N3O3S. The quantitative estimate of drug-likeness (QED) is 0.714. The van der Waals surface area contributed by atoms with Crippen molar-refractivity contribution in [1.29, 1.82) is 0 Å². The van der Waals surface area contributed by atoms with E-state index >= 15 is 0 Å². The van der Waals surface area contributed by atoms with Crippen LogP contribution in [0.25, 0.3) is 0 Å². The minimum Gasteiger partial charge on any atom is -0.497 e. The first-order valence-corrected chi connectivity index (χ1v) is 8.72. The van der Waals surface area contributed by atoms with Crippen molar-refractivity contribution in [3.8, 4) is 5.75 Å². The second kappa shape index (κ2) is 8.75. The number of methoxy groups -OCH3 is 1. The van der Waals surface area contributed by atoms with Gasteiger partial charge >= 0.3 is 0 Å². The molecule has 0 saturated heterocycles. The number of aliphatic hydroxyl groups is 1. The van der Waals surface area contributed by atoms with Gasteiger partial charge in [0.25, 0.3) is 0 Å². The van der Waals surface area contributed by atoms with Crippen LogP contribution in [0, 0.1) is 0 Å². The molecule has 7 heteroatoms. The number of carbonyl (C=O) groups is 1. The van der Waals surface area contributed by atoms with E-state index in [1.165, 1.54) is 11.8 Å². The van der Waals surface area contributed by atoms with E-state index in [0.717, 1.165) is 11.3 Å². The van der Waals surface area contributed by atoms with E-state index in [1.54, 1.807) is 7.11 Å². The lowest BCUT2D eigenvalue weighted by atomic mass is 10.2. The van der Waals surface area contributed by atoms with E-state index in [1.807, 2.05) is 48.9 Å². The number of carbonyl (C=O) groups excluding carboxylic acids is 1. The zero-order valence-corrected chi connectivity index (χ0v) is 15.0. The predicted octanol–water partition coefficient (Wildman–Crippen LogP) is 2.05. The van der Waals surface area contributed by atoms with E-state index in [-0.39, 0.29) is 18.6 Å². The molecule has 1 aromatic carbocycles. The normalized spacial score (nSPS) is 10.9. The number of hydrogen-bond donors (Lipinski definition) is 2. The van der Waals surface area contributed by atoms with E-state index in [2.05, 4.69) is 10.3 Å². The number of rotatable bonds is 8. The summed E-state index contributed by atoms with van der Waals surface area (Å²) >= 11 is 1.36. The maximum atomic E-state index is 11.8. The Bertz CT molecular complexity index is 668. The van der Waals surface area contributed by atoms with Crippen molar-refractivity contribution < 1.29 is 14.6 Å². The van der Waals surface area contributed by atoms with Crippen molar-refractivity contribution in [2.45, 2.75) is 38.2 Å². The average Bonchev–Trinajstić information content (AvgIpc) is 2.95. The SMILES string of the molecule is COc1ccc(Cn2cc(CO)nc2SCC(=O)NC(C)C)cc1. The summed E-state index contributed by atoms with van der Waals surface area (Å²) in [4.78, 5) is 16.2. The highest BCUT2D eigenvalue weighted by Crippen LogP contribution is 2.20. The minimum absolute atomic E-state index is 0.0282. The van der Waals surface area contributed by atoms with Crippen molar-refractivity contribution in [3.05, 3.63) is 41.7 Å². The third-order valence-corrected chi connectivity index (χ3v) is 4.24. The summed E-state index contributed by atoms with van der Waals surface area (Å²) < 4.78 is 7.11. The average molecular weight is 349 g/mol. The van der Waals surface area contributed by atoms with Crippen LogP contribution in [0.1, 0.15) is 25.1 Å². The fourth-order valence-electron chi connectivity index (χ4n) is 2.18. The van der Waals surface area contributed by atoms with Gasteiger partial charge in [-0.15, -0.1) is 0 Å². The summed E-state index contributed by atoms with van der Waals surface area (Å²) in [6.45, 7) is 4.35. The van der Waals surface area contributed by atoms with Crippen LogP contribution in [0.5, 0.6) is 5.75 Å². The summed E-state index contributed by atoms with van der Waals surface area (Å²) in [6.07, 6.45) is 1.81. The second-order valence-electron chi connectivity index (χ2n) is 5.66. The standard InChI is InChI=1S/C17H23N3O3S/c1-12(2)18-16(22)11-24-17-19-14(10-21)9-20(17)8-13-4-6-15(23-3)7-5-13/h4-7,9,12,21H,8,10-11H2,1-3H3,(H,18,22). The van der Waals surface area contributed by atoms with Gasteiger partial charge in [0.1, 0.15) is 5.75 Å². The van der Waals surface area contributed by atoms with Crippen molar-refractivity contribution in [2.75, 3.05) is 12.9 Å². The Hall–Kier alpha value is -1.99. The first-order valence-electron chi connectivity index (χ1n) is 7.73. The topological polar surface area (TPSA) is 76.4 Å². The summed E-state index contributed by atoms with van der Waals surface area (Å²) in [5, 5.41) is 12.9. The lowest BCUT2D eigenvalue weighted by Gasteiger charge is -2.10. The molecule has 1 aromatic heterocycles. The number of aromatic nitrogens is 2. The molecule has 24 heavy (non-hydrogen) atoms. The molecule has 0 aliphatic heterocycles. The maximum absolute atomic E-state index is 11.8. The molecule has 0 unspecified atom stereocenters. The summed E-state index contributed by atoms with van der Waals surface area (Å²) in [5.74, 6) is 1.07. The Balaban J connectivity index is 2.07.